The summed E-state index contributed by atoms with van der Waals surface area (Å²) in [6.45, 7) is 0. The molecular formula is C17H15ClN2OS. The van der Waals surface area contributed by atoms with Crippen LogP contribution in [0.25, 0.3) is 0 Å². The van der Waals surface area contributed by atoms with Crippen LogP contribution >= 0.6 is 22.9 Å². The minimum Gasteiger partial charge on any atom is -0.312 e. The molecule has 1 aliphatic rings. The van der Waals surface area contributed by atoms with Gasteiger partial charge >= 0.3 is 0 Å². The standard InChI is InChI=1S/C17H15ClN2OS/c18-14-8-5-4-7-12(14)16(21)20-17-13(10-19)11-6-2-1-3-9-15(11)22-17/h4-5,7-8H,1-3,6,9H2,(H,20,21). The van der Waals surface area contributed by atoms with E-state index < -0.39 is 0 Å². The van der Waals surface area contributed by atoms with Gasteiger partial charge in [-0.3, -0.25) is 4.79 Å². The van der Waals surface area contributed by atoms with Gasteiger partial charge in [0.15, 0.2) is 0 Å². The van der Waals surface area contributed by atoms with Gasteiger partial charge in [-0.05, 0) is 43.4 Å². The van der Waals surface area contributed by atoms with Crippen LogP contribution in [-0.2, 0) is 12.8 Å². The molecule has 0 aliphatic heterocycles. The second-order valence-electron chi connectivity index (χ2n) is 5.31. The topological polar surface area (TPSA) is 52.9 Å². The van der Waals surface area contributed by atoms with Crippen molar-refractivity contribution in [3.63, 3.8) is 0 Å². The second kappa shape index (κ2) is 6.51. The maximum Gasteiger partial charge on any atom is 0.257 e. The third-order valence-corrected chi connectivity index (χ3v) is 5.42. The number of hydrogen-bond acceptors (Lipinski definition) is 3. The van der Waals surface area contributed by atoms with Gasteiger partial charge < -0.3 is 5.32 Å². The minimum absolute atomic E-state index is 0.265. The number of thiophene rings is 1. The fourth-order valence-electron chi connectivity index (χ4n) is 2.76. The van der Waals surface area contributed by atoms with Crippen molar-refractivity contribution in [2.24, 2.45) is 0 Å². The van der Waals surface area contributed by atoms with Gasteiger partial charge in [0.25, 0.3) is 5.91 Å². The highest BCUT2D eigenvalue weighted by Crippen LogP contribution is 2.37. The van der Waals surface area contributed by atoms with Gasteiger partial charge in [0.1, 0.15) is 11.1 Å². The van der Waals surface area contributed by atoms with E-state index in [1.165, 1.54) is 22.6 Å². The van der Waals surface area contributed by atoms with E-state index in [1.54, 1.807) is 24.3 Å². The molecule has 0 radical (unpaired) electrons. The normalized spacial score (nSPS) is 13.8. The van der Waals surface area contributed by atoms with Crippen molar-refractivity contribution < 1.29 is 4.79 Å². The number of rotatable bonds is 2. The van der Waals surface area contributed by atoms with Crippen LogP contribution in [0, 0.1) is 11.3 Å². The number of aryl methyl sites for hydroxylation is 1. The number of fused-ring (bicyclic) bond motifs is 1. The maximum absolute atomic E-state index is 12.4. The molecule has 2 aromatic rings. The molecule has 0 saturated carbocycles. The Labute approximate surface area is 138 Å². The molecule has 1 aliphatic carbocycles. The summed E-state index contributed by atoms with van der Waals surface area (Å²) in [7, 11) is 0. The first kappa shape index (κ1) is 15.1. The molecule has 3 nitrogen and oxygen atoms in total. The molecule has 0 spiro atoms. The first-order valence-corrected chi connectivity index (χ1v) is 8.50. The highest BCUT2D eigenvalue weighted by Gasteiger charge is 2.21. The molecule has 0 saturated heterocycles. The third-order valence-electron chi connectivity index (χ3n) is 3.88. The van der Waals surface area contributed by atoms with Crippen LogP contribution in [0.3, 0.4) is 0 Å². The molecule has 0 fully saturated rings. The predicted octanol–water partition coefficient (Wildman–Crippen LogP) is 4.79. The van der Waals surface area contributed by atoms with Crippen LogP contribution in [0.1, 0.15) is 45.6 Å². The molecule has 0 atom stereocenters. The van der Waals surface area contributed by atoms with Crippen molar-refractivity contribution >= 4 is 33.8 Å². The second-order valence-corrected chi connectivity index (χ2v) is 6.83. The van der Waals surface area contributed by atoms with Gasteiger partial charge in [-0.25, -0.2) is 0 Å². The molecular weight excluding hydrogens is 316 g/mol. The lowest BCUT2D eigenvalue weighted by atomic mass is 10.1. The molecule has 1 heterocycles. The summed E-state index contributed by atoms with van der Waals surface area (Å²) >= 11 is 7.59. The third kappa shape index (κ3) is 2.87. The molecule has 1 aromatic carbocycles. The molecule has 22 heavy (non-hydrogen) atoms. The fourth-order valence-corrected chi connectivity index (χ4v) is 4.22. The van der Waals surface area contributed by atoms with Crippen LogP contribution < -0.4 is 5.32 Å². The number of amides is 1. The fraction of sp³-hybridized carbons (Fsp3) is 0.294. The van der Waals surface area contributed by atoms with Gasteiger partial charge in [-0.1, -0.05) is 30.2 Å². The molecule has 5 heteroatoms. The number of benzene rings is 1. The van der Waals surface area contributed by atoms with Crippen molar-refractivity contribution in [1.29, 1.82) is 5.26 Å². The van der Waals surface area contributed by atoms with Crippen molar-refractivity contribution in [2.75, 3.05) is 5.32 Å². The van der Waals surface area contributed by atoms with Crippen molar-refractivity contribution in [1.82, 2.24) is 0 Å². The number of hydrogen-bond donors (Lipinski definition) is 1. The Bertz CT molecular complexity index is 761. The zero-order valence-electron chi connectivity index (χ0n) is 12.0. The Kier molecular flexibility index (Phi) is 4.47. The number of anilines is 1. The largest absolute Gasteiger partial charge is 0.312 e. The predicted molar refractivity (Wildman–Crippen MR) is 89.7 cm³/mol. The molecule has 1 aromatic heterocycles. The van der Waals surface area contributed by atoms with Crippen molar-refractivity contribution in [3.05, 3.63) is 50.9 Å². The zero-order chi connectivity index (χ0) is 15.5. The maximum atomic E-state index is 12.4. The first-order chi connectivity index (χ1) is 10.7. The summed E-state index contributed by atoms with van der Waals surface area (Å²) in [5.74, 6) is -0.265. The Balaban J connectivity index is 1.92. The van der Waals surface area contributed by atoms with E-state index in [0.29, 0.717) is 21.2 Å². The number of nitrogens with one attached hydrogen (secondary N) is 1. The van der Waals surface area contributed by atoms with Crippen LogP contribution in [0.15, 0.2) is 24.3 Å². The lowest BCUT2D eigenvalue weighted by Crippen LogP contribution is -2.12. The Morgan fingerprint density at radius 3 is 2.77 bits per heavy atom. The van der Waals surface area contributed by atoms with Gasteiger partial charge in [0.2, 0.25) is 0 Å². The van der Waals surface area contributed by atoms with Gasteiger partial charge in [0.05, 0.1) is 16.1 Å². The number of carbonyl (C=O) groups is 1. The van der Waals surface area contributed by atoms with Crippen LogP contribution in [0.5, 0.6) is 0 Å². The summed E-state index contributed by atoms with van der Waals surface area (Å²) in [5.41, 5.74) is 2.18. The number of nitrogens with zero attached hydrogens (tertiary/aromatic N) is 1. The molecule has 1 amide bonds. The molecule has 3 rings (SSSR count). The Morgan fingerprint density at radius 1 is 1.23 bits per heavy atom. The highest BCUT2D eigenvalue weighted by atomic mass is 35.5. The summed E-state index contributed by atoms with van der Waals surface area (Å²) in [5, 5.41) is 13.4. The van der Waals surface area contributed by atoms with E-state index in [0.717, 1.165) is 31.2 Å². The lowest BCUT2D eigenvalue weighted by molar-refractivity contribution is 0.102. The monoisotopic (exact) mass is 330 g/mol. The summed E-state index contributed by atoms with van der Waals surface area (Å²) in [6, 6.07) is 9.19. The number of halogens is 1. The van der Waals surface area contributed by atoms with Crippen LogP contribution in [-0.4, -0.2) is 5.91 Å². The smallest absolute Gasteiger partial charge is 0.257 e. The molecule has 112 valence electrons. The van der Waals surface area contributed by atoms with Gasteiger partial charge in [-0.15, -0.1) is 11.3 Å². The lowest BCUT2D eigenvalue weighted by Gasteiger charge is -2.05. The van der Waals surface area contributed by atoms with Gasteiger partial charge in [-0.2, -0.15) is 5.26 Å². The SMILES string of the molecule is N#Cc1c(NC(=O)c2ccccc2Cl)sc2c1CCCCC2. The van der Waals surface area contributed by atoms with E-state index in [2.05, 4.69) is 11.4 Å². The average Bonchev–Trinajstić information content (AvgIpc) is 2.68. The average molecular weight is 331 g/mol. The van der Waals surface area contributed by atoms with E-state index in [-0.39, 0.29) is 5.91 Å². The number of nitriles is 1. The van der Waals surface area contributed by atoms with E-state index in [1.807, 2.05) is 0 Å². The zero-order valence-corrected chi connectivity index (χ0v) is 13.6. The summed E-state index contributed by atoms with van der Waals surface area (Å²) in [6.07, 6.45) is 5.38. The van der Waals surface area contributed by atoms with Crippen LogP contribution in [0.2, 0.25) is 5.02 Å². The summed E-state index contributed by atoms with van der Waals surface area (Å²) < 4.78 is 0. The molecule has 1 N–H and O–H groups in total. The highest BCUT2D eigenvalue weighted by molar-refractivity contribution is 7.16. The van der Waals surface area contributed by atoms with Crippen molar-refractivity contribution in [3.8, 4) is 6.07 Å². The Hall–Kier alpha value is -1.83. The summed E-state index contributed by atoms with van der Waals surface area (Å²) in [4.78, 5) is 13.6. The minimum atomic E-state index is -0.265. The van der Waals surface area contributed by atoms with E-state index in [9.17, 15) is 10.1 Å². The first-order valence-electron chi connectivity index (χ1n) is 7.31. The number of carbonyl (C=O) groups excluding carboxylic acids is 1. The Morgan fingerprint density at radius 2 is 2.00 bits per heavy atom. The van der Waals surface area contributed by atoms with Crippen LogP contribution in [0.4, 0.5) is 5.00 Å². The molecule has 0 unspecified atom stereocenters. The van der Waals surface area contributed by atoms with Gasteiger partial charge in [0, 0.05) is 4.88 Å². The van der Waals surface area contributed by atoms with E-state index in [4.69, 9.17) is 11.6 Å². The van der Waals surface area contributed by atoms with Crippen molar-refractivity contribution in [2.45, 2.75) is 32.1 Å². The quantitative estimate of drug-likeness (QED) is 0.804. The molecule has 0 bridgehead atoms. The van der Waals surface area contributed by atoms with E-state index >= 15 is 0 Å².